The summed E-state index contributed by atoms with van der Waals surface area (Å²) in [6, 6.07) is 10.2. The molecule has 2 heterocycles. The van der Waals surface area contributed by atoms with Gasteiger partial charge in [0.25, 0.3) is 0 Å². The van der Waals surface area contributed by atoms with Gasteiger partial charge < -0.3 is 14.5 Å². The van der Waals surface area contributed by atoms with Crippen molar-refractivity contribution in [2.75, 3.05) is 20.2 Å². The predicted molar refractivity (Wildman–Crippen MR) is 71.6 cm³/mol. The van der Waals surface area contributed by atoms with Crippen LogP contribution in [-0.4, -0.2) is 20.2 Å². The summed E-state index contributed by atoms with van der Waals surface area (Å²) in [7, 11) is 1.99. The molecule has 1 saturated heterocycles. The van der Waals surface area contributed by atoms with Crippen LogP contribution in [0.25, 0.3) is 11.0 Å². The minimum atomic E-state index is 0.0959. The third-order valence-corrected chi connectivity index (χ3v) is 3.64. The van der Waals surface area contributed by atoms with Crippen LogP contribution in [0, 0.1) is 5.92 Å². The van der Waals surface area contributed by atoms with Gasteiger partial charge >= 0.3 is 0 Å². The van der Waals surface area contributed by atoms with Crippen LogP contribution >= 0.6 is 0 Å². The van der Waals surface area contributed by atoms with E-state index in [1.807, 2.05) is 25.2 Å². The summed E-state index contributed by atoms with van der Waals surface area (Å²) in [5, 5.41) is 4.41. The first-order valence-electron chi connectivity index (χ1n) is 6.63. The molecule has 1 N–H and O–H groups in total. The average Bonchev–Trinajstić information content (AvgIpc) is 2.83. The number of nitrogens with one attached hydrogen (secondary N) is 1. The van der Waals surface area contributed by atoms with E-state index in [4.69, 9.17) is 9.15 Å². The molecule has 0 amide bonds. The number of para-hydroxylation sites is 1. The van der Waals surface area contributed by atoms with Gasteiger partial charge in [-0.15, -0.1) is 0 Å². The molecule has 0 radical (unpaired) electrons. The van der Waals surface area contributed by atoms with Crippen LogP contribution in [0.4, 0.5) is 0 Å². The van der Waals surface area contributed by atoms with Gasteiger partial charge in [0.15, 0.2) is 0 Å². The maximum absolute atomic E-state index is 5.93. The Morgan fingerprint density at radius 2 is 2.22 bits per heavy atom. The molecule has 1 fully saturated rings. The number of furan rings is 1. The van der Waals surface area contributed by atoms with Crippen molar-refractivity contribution in [3.63, 3.8) is 0 Å². The lowest BCUT2D eigenvalue weighted by molar-refractivity contribution is -0.0383. The summed E-state index contributed by atoms with van der Waals surface area (Å²) in [4.78, 5) is 0. The standard InChI is InChI=1S/C15H19NO2/c1-16-10-12-6-4-8-17-15(12)14-9-11-5-2-3-7-13(11)18-14/h2-3,5,7,9,12,15-16H,4,6,8,10H2,1H3. The van der Waals surface area contributed by atoms with Crippen molar-refractivity contribution in [3.05, 3.63) is 36.1 Å². The monoisotopic (exact) mass is 245 g/mol. The largest absolute Gasteiger partial charge is 0.458 e. The van der Waals surface area contributed by atoms with Gasteiger partial charge in [-0.25, -0.2) is 0 Å². The molecule has 2 unspecified atom stereocenters. The van der Waals surface area contributed by atoms with Gasteiger partial charge in [-0.3, -0.25) is 0 Å². The number of hydrogen-bond acceptors (Lipinski definition) is 3. The summed E-state index contributed by atoms with van der Waals surface area (Å²) in [5.74, 6) is 1.47. The second-order valence-electron chi connectivity index (χ2n) is 4.94. The fourth-order valence-electron chi connectivity index (χ4n) is 2.77. The Kier molecular flexibility index (Phi) is 3.35. The molecule has 3 nitrogen and oxygen atoms in total. The molecule has 3 rings (SSSR count). The summed E-state index contributed by atoms with van der Waals surface area (Å²) in [6.45, 7) is 1.81. The number of rotatable bonds is 3. The highest BCUT2D eigenvalue weighted by Gasteiger charge is 2.29. The second-order valence-corrected chi connectivity index (χ2v) is 4.94. The maximum atomic E-state index is 5.93. The summed E-state index contributed by atoms with van der Waals surface area (Å²) >= 11 is 0. The number of hydrogen-bond donors (Lipinski definition) is 1. The lowest BCUT2D eigenvalue weighted by Gasteiger charge is -2.30. The number of fused-ring (bicyclic) bond motifs is 1. The SMILES string of the molecule is CNCC1CCCOC1c1cc2ccccc2o1. The van der Waals surface area contributed by atoms with Gasteiger partial charge in [0, 0.05) is 24.5 Å². The van der Waals surface area contributed by atoms with E-state index in [9.17, 15) is 0 Å². The van der Waals surface area contributed by atoms with E-state index in [0.29, 0.717) is 5.92 Å². The first kappa shape index (κ1) is 11.8. The van der Waals surface area contributed by atoms with Gasteiger partial charge in [0.1, 0.15) is 17.4 Å². The molecule has 2 atom stereocenters. The highest BCUT2D eigenvalue weighted by atomic mass is 16.5. The quantitative estimate of drug-likeness (QED) is 0.902. The Morgan fingerprint density at radius 3 is 3.06 bits per heavy atom. The fourth-order valence-corrected chi connectivity index (χ4v) is 2.77. The molecule has 18 heavy (non-hydrogen) atoms. The third kappa shape index (κ3) is 2.16. The van der Waals surface area contributed by atoms with Crippen molar-refractivity contribution in [2.24, 2.45) is 5.92 Å². The summed E-state index contributed by atoms with van der Waals surface area (Å²) in [5.41, 5.74) is 0.949. The van der Waals surface area contributed by atoms with E-state index in [1.165, 1.54) is 6.42 Å². The van der Waals surface area contributed by atoms with Gasteiger partial charge in [-0.05, 0) is 32.0 Å². The molecule has 1 aliphatic rings. The first-order valence-corrected chi connectivity index (χ1v) is 6.63. The van der Waals surface area contributed by atoms with Gasteiger partial charge in [-0.1, -0.05) is 18.2 Å². The van der Waals surface area contributed by atoms with Crippen LogP contribution in [0.3, 0.4) is 0 Å². The minimum Gasteiger partial charge on any atom is -0.458 e. The van der Waals surface area contributed by atoms with E-state index >= 15 is 0 Å². The molecule has 0 aliphatic carbocycles. The van der Waals surface area contributed by atoms with E-state index < -0.39 is 0 Å². The highest BCUT2D eigenvalue weighted by Crippen LogP contribution is 2.35. The van der Waals surface area contributed by atoms with Crippen molar-refractivity contribution >= 4 is 11.0 Å². The fraction of sp³-hybridized carbons (Fsp3) is 0.467. The van der Waals surface area contributed by atoms with E-state index in [1.54, 1.807) is 0 Å². The molecular weight excluding hydrogens is 226 g/mol. The van der Waals surface area contributed by atoms with Crippen LogP contribution < -0.4 is 5.32 Å². The molecule has 1 aliphatic heterocycles. The molecule has 96 valence electrons. The smallest absolute Gasteiger partial charge is 0.134 e. The van der Waals surface area contributed by atoms with Gasteiger partial charge in [-0.2, -0.15) is 0 Å². The second kappa shape index (κ2) is 5.12. The molecule has 0 bridgehead atoms. The Hall–Kier alpha value is -1.32. The molecule has 1 aromatic carbocycles. The molecular formula is C15H19NO2. The van der Waals surface area contributed by atoms with Crippen molar-refractivity contribution < 1.29 is 9.15 Å². The lowest BCUT2D eigenvalue weighted by atomic mass is 9.92. The Bertz CT molecular complexity index is 485. The van der Waals surface area contributed by atoms with Crippen molar-refractivity contribution in [3.8, 4) is 0 Å². The van der Waals surface area contributed by atoms with Crippen LogP contribution in [0.1, 0.15) is 24.7 Å². The topological polar surface area (TPSA) is 34.4 Å². The Morgan fingerprint density at radius 1 is 1.33 bits per heavy atom. The van der Waals surface area contributed by atoms with E-state index in [2.05, 4.69) is 17.4 Å². The maximum Gasteiger partial charge on any atom is 0.134 e. The summed E-state index contributed by atoms with van der Waals surface area (Å²) in [6.07, 6.45) is 2.43. The van der Waals surface area contributed by atoms with Crippen LogP contribution in [0.2, 0.25) is 0 Å². The van der Waals surface area contributed by atoms with Gasteiger partial charge in [0.2, 0.25) is 0 Å². The molecule has 1 aromatic heterocycles. The third-order valence-electron chi connectivity index (χ3n) is 3.64. The zero-order valence-corrected chi connectivity index (χ0v) is 10.7. The normalized spacial score (nSPS) is 24.5. The molecule has 3 heteroatoms. The molecule has 0 spiro atoms. The highest BCUT2D eigenvalue weighted by molar-refractivity contribution is 5.77. The molecule has 0 saturated carbocycles. The zero-order chi connectivity index (χ0) is 12.4. The minimum absolute atomic E-state index is 0.0959. The lowest BCUT2D eigenvalue weighted by Crippen LogP contribution is -2.30. The number of ether oxygens (including phenoxy) is 1. The van der Waals surface area contributed by atoms with Crippen LogP contribution in [-0.2, 0) is 4.74 Å². The average molecular weight is 245 g/mol. The van der Waals surface area contributed by atoms with E-state index in [-0.39, 0.29) is 6.10 Å². The summed E-state index contributed by atoms with van der Waals surface area (Å²) < 4.78 is 11.9. The Balaban J connectivity index is 1.91. The van der Waals surface area contributed by atoms with Crippen LogP contribution in [0.15, 0.2) is 34.7 Å². The van der Waals surface area contributed by atoms with Crippen molar-refractivity contribution in [1.82, 2.24) is 5.32 Å². The van der Waals surface area contributed by atoms with E-state index in [0.717, 1.165) is 36.3 Å². The Labute approximate surface area is 107 Å². The van der Waals surface area contributed by atoms with Crippen molar-refractivity contribution in [2.45, 2.75) is 18.9 Å². The zero-order valence-electron chi connectivity index (χ0n) is 10.7. The predicted octanol–water partition coefficient (Wildman–Crippen LogP) is 3.12. The van der Waals surface area contributed by atoms with Gasteiger partial charge in [0.05, 0.1) is 0 Å². The molecule has 2 aromatic rings. The first-order chi connectivity index (χ1) is 8.88. The van der Waals surface area contributed by atoms with Crippen LogP contribution in [0.5, 0.6) is 0 Å². The number of benzene rings is 1. The van der Waals surface area contributed by atoms with Crippen molar-refractivity contribution in [1.29, 1.82) is 0 Å².